The molecule has 0 spiro atoms. The Hall–Kier alpha value is -3.10. The van der Waals surface area contributed by atoms with Crippen LogP contribution in [-0.4, -0.2) is 48.7 Å². The third kappa shape index (κ3) is 3.93. The average Bonchev–Trinajstić information content (AvgIpc) is 2.64. The van der Waals surface area contributed by atoms with Gasteiger partial charge in [-0.05, 0) is 30.2 Å². The van der Waals surface area contributed by atoms with Crippen LogP contribution in [0.2, 0.25) is 0 Å². The minimum Gasteiger partial charge on any atom is -0.497 e. The molecule has 1 aromatic heterocycles. The lowest BCUT2D eigenvalue weighted by Gasteiger charge is -2.25. The van der Waals surface area contributed by atoms with E-state index in [4.69, 9.17) is 15.2 Å². The van der Waals surface area contributed by atoms with Gasteiger partial charge in [0, 0.05) is 14.1 Å². The summed E-state index contributed by atoms with van der Waals surface area (Å²) in [5.41, 5.74) is 6.65. The molecule has 2 heterocycles. The first kappa shape index (κ1) is 17.7. The maximum Gasteiger partial charge on any atom is 0.229 e. The van der Waals surface area contributed by atoms with Gasteiger partial charge in [-0.3, -0.25) is 4.79 Å². The number of hydrogen-bond acceptors (Lipinski definition) is 8. The smallest absolute Gasteiger partial charge is 0.229 e. The molecule has 1 aromatic carbocycles. The third-order valence-electron chi connectivity index (χ3n) is 4.05. The summed E-state index contributed by atoms with van der Waals surface area (Å²) >= 11 is 0. The summed E-state index contributed by atoms with van der Waals surface area (Å²) in [6, 6.07) is 5.59. The third-order valence-corrected chi connectivity index (χ3v) is 4.05. The van der Waals surface area contributed by atoms with Crippen molar-refractivity contribution in [3.63, 3.8) is 0 Å². The Bertz CT molecular complexity index is 811. The topological polar surface area (TPSA) is 115 Å². The van der Waals surface area contributed by atoms with Crippen molar-refractivity contribution in [3.8, 4) is 11.5 Å². The summed E-state index contributed by atoms with van der Waals surface area (Å²) in [6.07, 6.45) is 0.584. The number of anilines is 2. The molecule has 1 amide bonds. The molecule has 9 nitrogen and oxygen atoms in total. The molecule has 1 aliphatic heterocycles. The predicted octanol–water partition coefficient (Wildman–Crippen LogP) is 0.396. The van der Waals surface area contributed by atoms with Crippen molar-refractivity contribution in [3.05, 3.63) is 29.6 Å². The number of nitrogens with two attached hydrogens (primary N) is 1. The number of ether oxygens (including phenoxy) is 2. The molecule has 138 valence electrons. The molecule has 1 unspecified atom stereocenters. The number of methoxy groups -OCH3 is 1. The number of fused-ring (bicyclic) bond motifs is 1. The second-order valence-corrected chi connectivity index (χ2v) is 6.21. The quantitative estimate of drug-likeness (QED) is 0.789. The second kappa shape index (κ2) is 7.42. The van der Waals surface area contributed by atoms with Gasteiger partial charge < -0.3 is 25.4 Å². The molecule has 0 aliphatic carbocycles. The molecule has 0 saturated carbocycles. The zero-order chi connectivity index (χ0) is 18.7. The number of amides is 1. The Labute approximate surface area is 151 Å². The molecule has 26 heavy (non-hydrogen) atoms. The van der Waals surface area contributed by atoms with Gasteiger partial charge in [0.1, 0.15) is 18.1 Å². The Morgan fingerprint density at radius 2 is 2.19 bits per heavy atom. The van der Waals surface area contributed by atoms with Crippen LogP contribution in [0.15, 0.2) is 18.2 Å². The van der Waals surface area contributed by atoms with Gasteiger partial charge in [0.05, 0.1) is 19.6 Å². The Morgan fingerprint density at radius 3 is 2.92 bits per heavy atom. The molecule has 0 saturated heterocycles. The molecule has 0 radical (unpaired) electrons. The number of hydrogen-bond donors (Lipinski definition) is 2. The minimum absolute atomic E-state index is 0.120. The standard InChI is InChI=1S/C17H22N6O3/c1-23(2)17-21-14(20-16(18)22-17)8-19-15(24)11-6-10-7-12(25-3)4-5-13(10)26-9-11/h4-5,7,11H,6,8-9H2,1-3H3,(H,19,24)(H2,18,20,21,22). The molecule has 3 N–H and O–H groups in total. The van der Waals surface area contributed by atoms with E-state index in [2.05, 4.69) is 20.3 Å². The van der Waals surface area contributed by atoms with E-state index in [0.29, 0.717) is 24.8 Å². The van der Waals surface area contributed by atoms with Crippen molar-refractivity contribution in [2.24, 2.45) is 5.92 Å². The van der Waals surface area contributed by atoms with Gasteiger partial charge in [0.2, 0.25) is 17.8 Å². The zero-order valence-corrected chi connectivity index (χ0v) is 15.0. The summed E-state index contributed by atoms with van der Waals surface area (Å²) in [6.45, 7) is 0.501. The van der Waals surface area contributed by atoms with E-state index in [9.17, 15) is 4.79 Å². The second-order valence-electron chi connectivity index (χ2n) is 6.21. The van der Waals surface area contributed by atoms with E-state index >= 15 is 0 Å². The molecule has 0 bridgehead atoms. The van der Waals surface area contributed by atoms with E-state index in [1.165, 1.54) is 0 Å². The molecule has 3 rings (SSSR count). The van der Waals surface area contributed by atoms with Gasteiger partial charge in [-0.1, -0.05) is 0 Å². The Morgan fingerprint density at radius 1 is 1.38 bits per heavy atom. The fourth-order valence-corrected chi connectivity index (χ4v) is 2.68. The van der Waals surface area contributed by atoms with Gasteiger partial charge in [-0.2, -0.15) is 15.0 Å². The fraction of sp³-hybridized carbons (Fsp3) is 0.412. The summed E-state index contributed by atoms with van der Waals surface area (Å²) in [7, 11) is 5.22. The number of carbonyl (C=O) groups is 1. The van der Waals surface area contributed by atoms with Crippen LogP contribution in [-0.2, 0) is 17.8 Å². The first-order valence-corrected chi connectivity index (χ1v) is 8.21. The van der Waals surface area contributed by atoms with Crippen LogP contribution in [0, 0.1) is 5.92 Å². The minimum atomic E-state index is -0.290. The van der Waals surface area contributed by atoms with E-state index in [0.717, 1.165) is 17.1 Å². The van der Waals surface area contributed by atoms with Crippen LogP contribution in [0.4, 0.5) is 11.9 Å². The molecular formula is C17H22N6O3. The Kier molecular flexibility index (Phi) is 5.06. The monoisotopic (exact) mass is 358 g/mol. The van der Waals surface area contributed by atoms with E-state index < -0.39 is 0 Å². The largest absolute Gasteiger partial charge is 0.497 e. The highest BCUT2D eigenvalue weighted by Crippen LogP contribution is 2.30. The fourth-order valence-electron chi connectivity index (χ4n) is 2.68. The highest BCUT2D eigenvalue weighted by Gasteiger charge is 2.26. The number of aromatic nitrogens is 3. The van der Waals surface area contributed by atoms with Crippen molar-refractivity contribution in [1.82, 2.24) is 20.3 Å². The maximum absolute atomic E-state index is 12.5. The molecule has 9 heteroatoms. The van der Waals surface area contributed by atoms with Crippen LogP contribution < -0.4 is 25.4 Å². The number of nitrogens with zero attached hydrogens (tertiary/aromatic N) is 4. The number of nitrogens with one attached hydrogen (secondary N) is 1. The lowest BCUT2D eigenvalue weighted by Crippen LogP contribution is -2.37. The van der Waals surface area contributed by atoms with Crippen LogP contribution >= 0.6 is 0 Å². The summed E-state index contributed by atoms with van der Waals surface area (Å²) in [5, 5.41) is 2.84. The molecule has 1 aliphatic rings. The lowest BCUT2D eigenvalue weighted by molar-refractivity contribution is -0.126. The van der Waals surface area contributed by atoms with E-state index in [1.807, 2.05) is 32.3 Å². The number of rotatable bonds is 5. The predicted molar refractivity (Wildman–Crippen MR) is 96.1 cm³/mol. The van der Waals surface area contributed by atoms with E-state index in [-0.39, 0.29) is 24.3 Å². The Balaban J connectivity index is 1.64. The van der Waals surface area contributed by atoms with Crippen LogP contribution in [0.5, 0.6) is 11.5 Å². The van der Waals surface area contributed by atoms with Crippen LogP contribution in [0.3, 0.4) is 0 Å². The SMILES string of the molecule is COc1ccc2c(c1)CC(C(=O)NCc1nc(N)nc(N(C)C)n1)CO2. The van der Waals surface area contributed by atoms with Crippen molar-refractivity contribution in [2.45, 2.75) is 13.0 Å². The van der Waals surface area contributed by atoms with Crippen molar-refractivity contribution >= 4 is 17.8 Å². The molecule has 2 aromatic rings. The van der Waals surface area contributed by atoms with Crippen molar-refractivity contribution < 1.29 is 14.3 Å². The molecule has 0 fully saturated rings. The number of carbonyl (C=O) groups excluding carboxylic acids is 1. The number of benzene rings is 1. The highest BCUT2D eigenvalue weighted by atomic mass is 16.5. The van der Waals surface area contributed by atoms with E-state index in [1.54, 1.807) is 12.0 Å². The lowest BCUT2D eigenvalue weighted by atomic mass is 9.96. The summed E-state index contributed by atoms with van der Waals surface area (Å²) < 4.78 is 10.9. The normalized spacial score (nSPS) is 15.6. The zero-order valence-electron chi connectivity index (χ0n) is 15.0. The molecular weight excluding hydrogens is 336 g/mol. The van der Waals surface area contributed by atoms with Gasteiger partial charge in [-0.25, -0.2) is 0 Å². The summed E-state index contributed by atoms with van der Waals surface area (Å²) in [4.78, 5) is 26.6. The first-order chi connectivity index (χ1) is 12.5. The number of nitrogen functional groups attached to an aromatic ring is 1. The summed E-state index contributed by atoms with van der Waals surface area (Å²) in [5.74, 6) is 2.10. The molecule has 1 atom stereocenters. The van der Waals surface area contributed by atoms with Gasteiger partial charge >= 0.3 is 0 Å². The van der Waals surface area contributed by atoms with Crippen LogP contribution in [0.1, 0.15) is 11.4 Å². The maximum atomic E-state index is 12.5. The van der Waals surface area contributed by atoms with Crippen molar-refractivity contribution in [1.29, 1.82) is 0 Å². The van der Waals surface area contributed by atoms with Gasteiger partial charge in [-0.15, -0.1) is 0 Å². The first-order valence-electron chi connectivity index (χ1n) is 8.21. The van der Waals surface area contributed by atoms with Crippen molar-refractivity contribution in [2.75, 3.05) is 38.4 Å². The van der Waals surface area contributed by atoms with Crippen LogP contribution in [0.25, 0.3) is 0 Å². The highest BCUT2D eigenvalue weighted by molar-refractivity contribution is 5.79. The van der Waals surface area contributed by atoms with Gasteiger partial charge in [0.25, 0.3) is 0 Å². The van der Waals surface area contributed by atoms with Gasteiger partial charge in [0.15, 0.2) is 5.82 Å². The average molecular weight is 358 g/mol.